The lowest BCUT2D eigenvalue weighted by atomic mass is 10.0. The highest BCUT2D eigenvalue weighted by molar-refractivity contribution is 7.89. The molecule has 0 aliphatic carbocycles. The Balaban J connectivity index is 1.43. The molecule has 1 fully saturated rings. The Kier molecular flexibility index (Phi) is 5.07. The van der Waals surface area contributed by atoms with E-state index in [4.69, 9.17) is 0 Å². The van der Waals surface area contributed by atoms with E-state index in [0.29, 0.717) is 37.6 Å². The Morgan fingerprint density at radius 1 is 1.21 bits per heavy atom. The van der Waals surface area contributed by atoms with Crippen molar-refractivity contribution in [2.75, 3.05) is 42.1 Å². The number of hydrogen-bond donors (Lipinski definition) is 1. The zero-order chi connectivity index (χ0) is 19.7. The summed E-state index contributed by atoms with van der Waals surface area (Å²) in [5.41, 5.74) is 2.68. The number of sulfonamides is 1. The smallest absolute Gasteiger partial charge is 0.262 e. The zero-order valence-corrected chi connectivity index (χ0v) is 16.7. The first-order valence-electron chi connectivity index (χ1n) is 9.56. The predicted octanol–water partition coefficient (Wildman–Crippen LogP) is 1.98. The molecule has 7 nitrogen and oxygen atoms in total. The summed E-state index contributed by atoms with van der Waals surface area (Å²) < 4.78 is 25.2. The lowest BCUT2D eigenvalue weighted by molar-refractivity contribution is 0.0990. The molecule has 0 saturated carbocycles. The SMILES string of the molecule is CCS(=O)(=O)N1CC(CNc2ncccc2C(=O)N2CCc3ccccc32)C1. The third-order valence-electron chi connectivity index (χ3n) is 5.41. The van der Waals surface area contributed by atoms with Gasteiger partial charge in [-0.15, -0.1) is 0 Å². The van der Waals surface area contributed by atoms with Crippen LogP contribution in [0.2, 0.25) is 0 Å². The van der Waals surface area contributed by atoms with Gasteiger partial charge in [0.2, 0.25) is 10.0 Å². The van der Waals surface area contributed by atoms with Gasteiger partial charge >= 0.3 is 0 Å². The Morgan fingerprint density at radius 2 is 2.00 bits per heavy atom. The first kappa shape index (κ1) is 18.9. The molecule has 1 N–H and O–H groups in total. The summed E-state index contributed by atoms with van der Waals surface area (Å²) in [7, 11) is -3.11. The molecule has 1 saturated heterocycles. The van der Waals surface area contributed by atoms with Gasteiger partial charge in [0.1, 0.15) is 5.82 Å². The highest BCUT2D eigenvalue weighted by atomic mass is 32.2. The molecular formula is C20H24N4O3S. The molecule has 3 heterocycles. The number of anilines is 2. The minimum absolute atomic E-state index is 0.0654. The van der Waals surface area contributed by atoms with Gasteiger partial charge in [-0.25, -0.2) is 17.7 Å². The van der Waals surface area contributed by atoms with Crippen LogP contribution in [0.1, 0.15) is 22.8 Å². The maximum Gasteiger partial charge on any atom is 0.262 e. The molecule has 1 amide bonds. The number of pyridine rings is 1. The minimum Gasteiger partial charge on any atom is -0.369 e. The number of aromatic nitrogens is 1. The third kappa shape index (κ3) is 3.49. The maximum atomic E-state index is 13.1. The highest BCUT2D eigenvalue weighted by Gasteiger charge is 2.34. The van der Waals surface area contributed by atoms with E-state index in [9.17, 15) is 13.2 Å². The van der Waals surface area contributed by atoms with Gasteiger partial charge in [0.25, 0.3) is 5.91 Å². The molecule has 2 aliphatic heterocycles. The molecule has 148 valence electrons. The average molecular weight is 401 g/mol. The van der Waals surface area contributed by atoms with Crippen LogP contribution < -0.4 is 10.2 Å². The van der Waals surface area contributed by atoms with Crippen molar-refractivity contribution in [3.8, 4) is 0 Å². The van der Waals surface area contributed by atoms with Crippen molar-refractivity contribution in [2.24, 2.45) is 5.92 Å². The van der Waals surface area contributed by atoms with Crippen LogP contribution in [-0.2, 0) is 16.4 Å². The van der Waals surface area contributed by atoms with Crippen molar-refractivity contribution in [3.05, 3.63) is 53.7 Å². The van der Waals surface area contributed by atoms with Gasteiger partial charge in [0, 0.05) is 44.0 Å². The predicted molar refractivity (Wildman–Crippen MR) is 109 cm³/mol. The van der Waals surface area contributed by atoms with Crippen molar-refractivity contribution in [3.63, 3.8) is 0 Å². The van der Waals surface area contributed by atoms with Crippen molar-refractivity contribution in [2.45, 2.75) is 13.3 Å². The summed E-state index contributed by atoms with van der Waals surface area (Å²) in [4.78, 5) is 19.3. The highest BCUT2D eigenvalue weighted by Crippen LogP contribution is 2.30. The minimum atomic E-state index is -3.11. The summed E-state index contributed by atoms with van der Waals surface area (Å²) in [5.74, 6) is 0.834. The molecule has 0 atom stereocenters. The lowest BCUT2D eigenvalue weighted by Gasteiger charge is -2.38. The average Bonchev–Trinajstić information content (AvgIpc) is 3.10. The van der Waals surface area contributed by atoms with Gasteiger partial charge in [-0.3, -0.25) is 4.79 Å². The topological polar surface area (TPSA) is 82.6 Å². The number of carbonyl (C=O) groups is 1. The molecule has 0 unspecified atom stereocenters. The molecule has 8 heteroatoms. The summed E-state index contributed by atoms with van der Waals surface area (Å²) in [6.07, 6.45) is 2.51. The van der Waals surface area contributed by atoms with Gasteiger partial charge in [-0.1, -0.05) is 18.2 Å². The number of amides is 1. The fourth-order valence-corrected chi connectivity index (χ4v) is 4.96. The fourth-order valence-electron chi connectivity index (χ4n) is 3.72. The number of benzene rings is 1. The summed E-state index contributed by atoms with van der Waals surface area (Å²) >= 11 is 0. The summed E-state index contributed by atoms with van der Waals surface area (Å²) in [5, 5.41) is 3.25. The number of fused-ring (bicyclic) bond motifs is 1. The fraction of sp³-hybridized carbons (Fsp3) is 0.400. The number of hydrogen-bond acceptors (Lipinski definition) is 5. The monoisotopic (exact) mass is 400 g/mol. The second-order valence-corrected chi connectivity index (χ2v) is 9.46. The second-order valence-electron chi connectivity index (χ2n) is 7.20. The molecule has 1 aromatic carbocycles. The molecule has 2 aliphatic rings. The van der Waals surface area contributed by atoms with E-state index in [2.05, 4.69) is 16.4 Å². The Morgan fingerprint density at radius 3 is 2.79 bits per heavy atom. The van der Waals surface area contributed by atoms with Gasteiger partial charge < -0.3 is 10.2 Å². The molecule has 4 rings (SSSR count). The normalized spacial score (nSPS) is 17.2. The summed E-state index contributed by atoms with van der Waals surface area (Å²) in [6.45, 7) is 3.93. The number of nitrogens with zero attached hydrogens (tertiary/aromatic N) is 3. The maximum absolute atomic E-state index is 13.1. The largest absolute Gasteiger partial charge is 0.369 e. The van der Waals surface area contributed by atoms with E-state index in [1.54, 1.807) is 30.2 Å². The number of nitrogens with one attached hydrogen (secondary N) is 1. The van der Waals surface area contributed by atoms with Crippen molar-refractivity contribution in [1.29, 1.82) is 0 Å². The van der Waals surface area contributed by atoms with Gasteiger partial charge in [0.15, 0.2) is 0 Å². The molecular weight excluding hydrogens is 376 g/mol. The zero-order valence-electron chi connectivity index (χ0n) is 15.8. The van der Waals surface area contributed by atoms with Crippen LogP contribution in [0, 0.1) is 5.92 Å². The number of carbonyl (C=O) groups excluding carboxylic acids is 1. The van der Waals surface area contributed by atoms with E-state index in [1.165, 1.54) is 9.87 Å². The quantitative estimate of drug-likeness (QED) is 0.802. The van der Waals surface area contributed by atoms with Crippen LogP contribution in [0.4, 0.5) is 11.5 Å². The Labute approximate surface area is 165 Å². The second kappa shape index (κ2) is 7.52. The standard InChI is InChI=1S/C20H24N4O3S/c1-2-28(26,27)23-13-15(14-23)12-22-19-17(7-5-10-21-19)20(25)24-11-9-16-6-3-4-8-18(16)24/h3-8,10,15H,2,9,11-14H2,1H3,(H,21,22). The van der Waals surface area contributed by atoms with Crippen molar-refractivity contribution < 1.29 is 13.2 Å². The Bertz CT molecular complexity index is 986. The molecule has 0 bridgehead atoms. The van der Waals surface area contributed by atoms with Crippen LogP contribution in [-0.4, -0.2) is 55.5 Å². The Hall–Kier alpha value is -2.45. The van der Waals surface area contributed by atoms with E-state index >= 15 is 0 Å². The molecule has 2 aromatic rings. The van der Waals surface area contributed by atoms with Crippen LogP contribution in [0.5, 0.6) is 0 Å². The van der Waals surface area contributed by atoms with E-state index in [-0.39, 0.29) is 17.6 Å². The third-order valence-corrected chi connectivity index (χ3v) is 7.23. The molecule has 0 spiro atoms. The van der Waals surface area contributed by atoms with Crippen LogP contribution in [0.25, 0.3) is 0 Å². The first-order chi connectivity index (χ1) is 13.5. The van der Waals surface area contributed by atoms with E-state index in [0.717, 1.165) is 12.1 Å². The van der Waals surface area contributed by atoms with Crippen LogP contribution >= 0.6 is 0 Å². The molecule has 0 radical (unpaired) electrons. The summed E-state index contributed by atoms with van der Waals surface area (Å²) in [6, 6.07) is 11.5. The number of rotatable bonds is 6. The first-order valence-corrected chi connectivity index (χ1v) is 11.2. The number of para-hydroxylation sites is 1. The van der Waals surface area contributed by atoms with Gasteiger partial charge in [-0.2, -0.15) is 0 Å². The van der Waals surface area contributed by atoms with Crippen molar-refractivity contribution >= 4 is 27.4 Å². The van der Waals surface area contributed by atoms with E-state index < -0.39 is 10.0 Å². The van der Waals surface area contributed by atoms with Gasteiger partial charge in [0.05, 0.1) is 11.3 Å². The van der Waals surface area contributed by atoms with Crippen LogP contribution in [0.15, 0.2) is 42.6 Å². The van der Waals surface area contributed by atoms with Crippen molar-refractivity contribution in [1.82, 2.24) is 9.29 Å². The lowest BCUT2D eigenvalue weighted by Crippen LogP contribution is -2.52. The molecule has 1 aromatic heterocycles. The van der Waals surface area contributed by atoms with E-state index in [1.807, 2.05) is 18.2 Å². The van der Waals surface area contributed by atoms with Crippen LogP contribution in [0.3, 0.4) is 0 Å². The van der Waals surface area contributed by atoms with Gasteiger partial charge in [-0.05, 0) is 37.1 Å². The molecule has 28 heavy (non-hydrogen) atoms.